The Balaban J connectivity index is 1.90. The molecule has 5 rings (SSSR count). The molecule has 0 amide bonds. The Morgan fingerprint density at radius 3 is 2.33 bits per heavy atom. The third kappa shape index (κ3) is 2.53. The van der Waals surface area contributed by atoms with Crippen molar-refractivity contribution >= 4 is 16.7 Å². The van der Waals surface area contributed by atoms with Gasteiger partial charge in [0.25, 0.3) is 0 Å². The second-order valence-corrected chi connectivity index (χ2v) is 8.09. The van der Waals surface area contributed by atoms with Gasteiger partial charge in [0.2, 0.25) is 0 Å². The first-order valence-electron chi connectivity index (χ1n) is 10.4. The van der Waals surface area contributed by atoms with Crippen molar-refractivity contribution < 1.29 is 0 Å². The van der Waals surface area contributed by atoms with Crippen molar-refractivity contribution in [1.29, 1.82) is 0 Å². The highest BCUT2D eigenvalue weighted by atomic mass is 15.4. The first-order valence-corrected chi connectivity index (χ1v) is 10.4. The lowest BCUT2D eigenvalue weighted by molar-refractivity contribution is 0.639. The number of hydrogen-bond acceptors (Lipinski definition) is 3. The maximum Gasteiger partial charge on any atom is 0.165 e. The zero-order valence-electron chi connectivity index (χ0n) is 18.4. The molecule has 4 heterocycles. The van der Waals surface area contributed by atoms with E-state index in [4.69, 9.17) is 10.1 Å². The molecule has 0 fully saturated rings. The Morgan fingerprint density at radius 1 is 0.900 bits per heavy atom. The SMILES string of the molecule is CCn1nccc1-n1ccc2c(C)nc3c(-c4c(C)cc(C)cc4C)c(C)nn3c21. The van der Waals surface area contributed by atoms with E-state index < -0.39 is 0 Å². The molecule has 0 saturated heterocycles. The molecule has 0 aliphatic carbocycles. The first kappa shape index (κ1) is 18.6. The Hall–Kier alpha value is -3.41. The molecule has 0 atom stereocenters. The molecular weight excluding hydrogens is 372 g/mol. The molecule has 6 nitrogen and oxygen atoms in total. The molecule has 1 aromatic carbocycles. The fraction of sp³-hybridized carbons (Fsp3) is 0.292. The summed E-state index contributed by atoms with van der Waals surface area (Å²) >= 11 is 0. The van der Waals surface area contributed by atoms with Crippen molar-refractivity contribution in [2.75, 3.05) is 0 Å². The summed E-state index contributed by atoms with van der Waals surface area (Å²) in [5.74, 6) is 1.02. The van der Waals surface area contributed by atoms with Crippen molar-refractivity contribution in [2.24, 2.45) is 0 Å². The minimum atomic E-state index is 0.806. The van der Waals surface area contributed by atoms with Gasteiger partial charge in [0.1, 0.15) is 5.82 Å². The average molecular weight is 399 g/mol. The van der Waals surface area contributed by atoms with Crippen molar-refractivity contribution in [3.63, 3.8) is 0 Å². The van der Waals surface area contributed by atoms with Gasteiger partial charge in [-0.2, -0.15) is 14.7 Å². The Labute approximate surface area is 175 Å². The van der Waals surface area contributed by atoms with Gasteiger partial charge in [0, 0.05) is 24.2 Å². The summed E-state index contributed by atoms with van der Waals surface area (Å²) in [6, 6.07) is 8.62. The van der Waals surface area contributed by atoms with E-state index in [1.54, 1.807) is 0 Å². The van der Waals surface area contributed by atoms with Gasteiger partial charge in [-0.25, -0.2) is 9.67 Å². The van der Waals surface area contributed by atoms with Crippen LogP contribution in [-0.2, 0) is 6.54 Å². The molecular formula is C24H26N6. The normalized spacial score (nSPS) is 11.8. The molecule has 152 valence electrons. The van der Waals surface area contributed by atoms with Crippen LogP contribution < -0.4 is 0 Å². The van der Waals surface area contributed by atoms with Crippen molar-refractivity contribution in [3.05, 3.63) is 64.7 Å². The van der Waals surface area contributed by atoms with Crippen LogP contribution in [0.2, 0.25) is 0 Å². The van der Waals surface area contributed by atoms with Crippen LogP contribution >= 0.6 is 0 Å². The van der Waals surface area contributed by atoms with Gasteiger partial charge in [-0.3, -0.25) is 4.57 Å². The monoisotopic (exact) mass is 398 g/mol. The fourth-order valence-corrected chi connectivity index (χ4v) is 4.73. The van der Waals surface area contributed by atoms with Crippen LogP contribution in [0.1, 0.15) is 35.0 Å². The standard InChI is InChI=1S/C24H26N6/c1-7-29-20(8-10-25-29)28-11-9-19-17(5)26-23-22(18(6)27-30(23)24(19)28)21-15(3)12-14(2)13-16(21)4/h8-13H,7H2,1-6H3. The van der Waals surface area contributed by atoms with Crippen LogP contribution in [0.3, 0.4) is 0 Å². The van der Waals surface area contributed by atoms with E-state index in [2.05, 4.69) is 75.6 Å². The quantitative estimate of drug-likeness (QED) is 0.425. The highest BCUT2D eigenvalue weighted by Gasteiger charge is 2.22. The van der Waals surface area contributed by atoms with E-state index >= 15 is 0 Å². The number of hydrogen-bond donors (Lipinski definition) is 0. The maximum atomic E-state index is 5.01. The van der Waals surface area contributed by atoms with Gasteiger partial charge in [-0.15, -0.1) is 0 Å². The molecule has 0 radical (unpaired) electrons. The molecule has 6 heteroatoms. The number of nitrogens with zero attached hydrogens (tertiary/aromatic N) is 6. The number of rotatable bonds is 3. The third-order valence-corrected chi connectivity index (χ3v) is 5.93. The van der Waals surface area contributed by atoms with Gasteiger partial charge < -0.3 is 0 Å². The van der Waals surface area contributed by atoms with Gasteiger partial charge in [-0.05, 0) is 64.3 Å². The molecule has 4 aromatic heterocycles. The number of benzene rings is 1. The summed E-state index contributed by atoms with van der Waals surface area (Å²) < 4.78 is 6.16. The zero-order valence-corrected chi connectivity index (χ0v) is 18.4. The Bertz CT molecular complexity index is 1410. The predicted octanol–water partition coefficient (Wildman–Crippen LogP) is 5.10. The smallest absolute Gasteiger partial charge is 0.165 e. The van der Waals surface area contributed by atoms with E-state index in [9.17, 15) is 0 Å². The second-order valence-electron chi connectivity index (χ2n) is 8.09. The molecule has 30 heavy (non-hydrogen) atoms. The van der Waals surface area contributed by atoms with Gasteiger partial charge in [-0.1, -0.05) is 17.7 Å². The van der Waals surface area contributed by atoms with Crippen LogP contribution in [0, 0.1) is 34.6 Å². The third-order valence-electron chi connectivity index (χ3n) is 5.93. The molecule has 0 unspecified atom stereocenters. The number of aryl methyl sites for hydroxylation is 6. The molecule has 0 aliphatic heterocycles. The van der Waals surface area contributed by atoms with Crippen molar-refractivity contribution in [3.8, 4) is 16.9 Å². The summed E-state index contributed by atoms with van der Waals surface area (Å²) in [6.45, 7) is 13.5. The van der Waals surface area contributed by atoms with Crippen molar-refractivity contribution in [1.82, 2.24) is 28.9 Å². The lowest BCUT2D eigenvalue weighted by Gasteiger charge is -2.12. The minimum absolute atomic E-state index is 0.806. The second kappa shape index (κ2) is 6.55. The van der Waals surface area contributed by atoms with Gasteiger partial charge in [0.05, 0.1) is 23.1 Å². The van der Waals surface area contributed by atoms with Crippen LogP contribution in [-0.4, -0.2) is 28.9 Å². The highest BCUT2D eigenvalue weighted by molar-refractivity contribution is 5.90. The van der Waals surface area contributed by atoms with Crippen molar-refractivity contribution in [2.45, 2.75) is 48.1 Å². The van der Waals surface area contributed by atoms with E-state index in [-0.39, 0.29) is 0 Å². The molecule has 0 N–H and O–H groups in total. The Morgan fingerprint density at radius 2 is 1.63 bits per heavy atom. The molecule has 0 bridgehead atoms. The maximum absolute atomic E-state index is 5.01. The van der Waals surface area contributed by atoms with Crippen LogP contribution in [0.15, 0.2) is 36.7 Å². The van der Waals surface area contributed by atoms with Crippen LogP contribution in [0.25, 0.3) is 33.6 Å². The average Bonchev–Trinajstić information content (AvgIpc) is 3.38. The summed E-state index contributed by atoms with van der Waals surface area (Å²) in [4.78, 5) is 5.01. The lowest BCUT2D eigenvalue weighted by atomic mass is 9.94. The first-order chi connectivity index (χ1) is 14.4. The lowest BCUT2D eigenvalue weighted by Crippen LogP contribution is -2.08. The number of fused-ring (bicyclic) bond motifs is 3. The highest BCUT2D eigenvalue weighted by Crippen LogP contribution is 2.35. The van der Waals surface area contributed by atoms with Crippen LogP contribution in [0.5, 0.6) is 0 Å². The zero-order chi connectivity index (χ0) is 21.2. The minimum Gasteiger partial charge on any atom is -0.285 e. The van der Waals surface area contributed by atoms with Gasteiger partial charge in [0.15, 0.2) is 11.3 Å². The van der Waals surface area contributed by atoms with Gasteiger partial charge >= 0.3 is 0 Å². The summed E-state index contributed by atoms with van der Waals surface area (Å²) in [7, 11) is 0. The molecule has 0 spiro atoms. The molecule has 0 aliphatic rings. The molecule has 0 saturated carbocycles. The van der Waals surface area contributed by atoms with E-state index in [0.717, 1.165) is 46.0 Å². The summed E-state index contributed by atoms with van der Waals surface area (Å²) in [6.07, 6.45) is 3.93. The van der Waals surface area contributed by atoms with E-state index in [1.165, 1.54) is 22.3 Å². The number of aromatic nitrogens is 6. The van der Waals surface area contributed by atoms with E-state index in [0.29, 0.717) is 0 Å². The summed E-state index contributed by atoms with van der Waals surface area (Å²) in [5, 5.41) is 10.5. The van der Waals surface area contributed by atoms with E-state index in [1.807, 2.05) is 21.5 Å². The topological polar surface area (TPSA) is 52.9 Å². The largest absolute Gasteiger partial charge is 0.285 e. The fourth-order valence-electron chi connectivity index (χ4n) is 4.73. The molecule has 5 aromatic rings. The summed E-state index contributed by atoms with van der Waals surface area (Å²) in [5.41, 5.74) is 10.0. The Kier molecular flexibility index (Phi) is 4.07. The van der Waals surface area contributed by atoms with Crippen LogP contribution in [0.4, 0.5) is 0 Å². The predicted molar refractivity (Wildman–Crippen MR) is 120 cm³/mol.